The Morgan fingerprint density at radius 2 is 1.91 bits per heavy atom. The second kappa shape index (κ2) is 8.02. The normalized spacial score (nSPS) is 22.6. The number of rotatable bonds is 3. The Morgan fingerprint density at radius 3 is 2.48 bits per heavy atom. The fourth-order valence-electron chi connectivity index (χ4n) is 4.12. The zero-order chi connectivity index (χ0) is 23.5. The molecule has 0 bridgehead atoms. The lowest BCUT2D eigenvalue weighted by atomic mass is 9.89. The van der Waals surface area contributed by atoms with Gasteiger partial charge in [0, 0.05) is 23.0 Å². The number of carbonyl (C=O) groups excluding carboxylic acids is 1. The van der Waals surface area contributed by atoms with Crippen LogP contribution in [0.1, 0.15) is 51.4 Å². The molecule has 5 rings (SSSR count). The molecule has 2 aromatic rings. The first kappa shape index (κ1) is 22.7. The summed E-state index contributed by atoms with van der Waals surface area (Å²) < 4.78 is 56.3. The molecule has 12 heteroatoms. The third kappa shape index (κ3) is 3.85. The van der Waals surface area contributed by atoms with Gasteiger partial charge in [0.15, 0.2) is 5.82 Å². The molecule has 3 heterocycles. The molecule has 1 aliphatic carbocycles. The van der Waals surface area contributed by atoms with Crippen LogP contribution in [0.4, 0.5) is 17.6 Å². The molecule has 0 radical (unpaired) electrons. The van der Waals surface area contributed by atoms with Gasteiger partial charge in [0.25, 0.3) is 11.5 Å². The van der Waals surface area contributed by atoms with Crippen molar-refractivity contribution in [2.75, 3.05) is 0 Å². The molecule has 2 aliphatic heterocycles. The third-order valence-corrected chi connectivity index (χ3v) is 7.95. The van der Waals surface area contributed by atoms with Gasteiger partial charge in [0.1, 0.15) is 5.84 Å². The summed E-state index contributed by atoms with van der Waals surface area (Å²) in [6.07, 6.45) is -2.40. The molecule has 1 amide bonds. The van der Waals surface area contributed by atoms with E-state index in [1.807, 2.05) is 0 Å². The number of nitrogens with one attached hydrogen (secondary N) is 1. The highest BCUT2D eigenvalue weighted by Crippen LogP contribution is 2.50. The second-order valence-electron chi connectivity index (χ2n) is 8.37. The largest absolute Gasteiger partial charge is 0.435 e. The lowest BCUT2D eigenvalue weighted by molar-refractivity contribution is -0.275. The number of oxime groups is 1. The minimum atomic E-state index is -4.86. The molecule has 5 nitrogen and oxygen atoms in total. The van der Waals surface area contributed by atoms with Crippen LogP contribution in [-0.2, 0) is 23.5 Å². The van der Waals surface area contributed by atoms with Gasteiger partial charge in [-0.2, -0.15) is 13.2 Å². The van der Waals surface area contributed by atoms with Gasteiger partial charge in [-0.15, -0.1) is 11.3 Å². The van der Waals surface area contributed by atoms with E-state index in [9.17, 15) is 22.4 Å². The Morgan fingerprint density at radius 1 is 1.21 bits per heavy atom. The first-order chi connectivity index (χ1) is 15.6. The summed E-state index contributed by atoms with van der Waals surface area (Å²) in [6, 6.07) is 3.73. The van der Waals surface area contributed by atoms with Gasteiger partial charge in [0.2, 0.25) is 0 Å². The van der Waals surface area contributed by atoms with Crippen molar-refractivity contribution < 1.29 is 27.2 Å². The predicted octanol–water partition coefficient (Wildman–Crippen LogP) is 5.98. The van der Waals surface area contributed by atoms with E-state index in [2.05, 4.69) is 10.5 Å². The molecule has 1 saturated carbocycles. The van der Waals surface area contributed by atoms with Crippen LogP contribution >= 0.6 is 34.5 Å². The Labute approximate surface area is 200 Å². The van der Waals surface area contributed by atoms with Crippen LogP contribution < -0.4 is 5.32 Å². The molecule has 1 aromatic heterocycles. The van der Waals surface area contributed by atoms with Gasteiger partial charge in [-0.1, -0.05) is 28.4 Å². The molecule has 33 heavy (non-hydrogen) atoms. The average molecular weight is 522 g/mol. The first-order valence-corrected chi connectivity index (χ1v) is 11.8. The van der Waals surface area contributed by atoms with E-state index >= 15 is 0 Å². The van der Waals surface area contributed by atoms with E-state index in [-0.39, 0.29) is 17.8 Å². The van der Waals surface area contributed by atoms with Crippen molar-refractivity contribution in [2.24, 2.45) is 5.16 Å². The number of nitrogens with zero attached hydrogens (tertiary/aromatic N) is 2. The van der Waals surface area contributed by atoms with Crippen molar-refractivity contribution in [2.45, 2.75) is 56.6 Å². The maximum atomic E-state index is 14.2. The monoisotopic (exact) mass is 521 g/mol. The van der Waals surface area contributed by atoms with Gasteiger partial charge >= 0.3 is 6.18 Å². The average Bonchev–Trinajstić information content (AvgIpc) is 3.40. The Balaban J connectivity index is 1.33. The number of amidine groups is 1. The number of alkyl halides is 3. The lowest BCUT2D eigenvalue weighted by Gasteiger charge is -2.30. The van der Waals surface area contributed by atoms with Crippen molar-refractivity contribution in [3.8, 4) is 0 Å². The second-order valence-corrected chi connectivity index (χ2v) is 10.3. The lowest BCUT2D eigenvalue weighted by Crippen LogP contribution is -2.44. The fourth-order valence-corrected chi connectivity index (χ4v) is 5.70. The molecule has 3 aliphatic rings. The minimum absolute atomic E-state index is 0.104. The van der Waals surface area contributed by atoms with E-state index in [1.54, 1.807) is 11.0 Å². The molecular weight excluding hydrogens is 505 g/mol. The van der Waals surface area contributed by atoms with Crippen molar-refractivity contribution in [3.63, 3.8) is 0 Å². The highest BCUT2D eigenvalue weighted by atomic mass is 35.5. The number of hydrogen-bond acceptors (Lipinski definition) is 5. The highest BCUT2D eigenvalue weighted by Gasteiger charge is 2.63. The number of thiophene rings is 1. The summed E-state index contributed by atoms with van der Waals surface area (Å²) in [4.78, 5) is 20.5. The number of halogens is 6. The van der Waals surface area contributed by atoms with Crippen molar-refractivity contribution in [1.82, 2.24) is 10.2 Å². The smallest absolute Gasteiger partial charge is 0.372 e. The summed E-state index contributed by atoms with van der Waals surface area (Å²) in [7, 11) is 0. The summed E-state index contributed by atoms with van der Waals surface area (Å²) in [5.41, 5.74) is -2.37. The van der Waals surface area contributed by atoms with Crippen molar-refractivity contribution in [1.29, 1.82) is 0 Å². The van der Waals surface area contributed by atoms with E-state index < -0.39 is 39.6 Å². The molecule has 1 atom stereocenters. The Kier molecular flexibility index (Phi) is 5.53. The molecule has 1 unspecified atom stereocenters. The number of benzene rings is 1. The first-order valence-electron chi connectivity index (χ1n) is 10.2. The molecule has 1 fully saturated rings. The molecule has 0 saturated heterocycles. The number of amides is 1. The van der Waals surface area contributed by atoms with Crippen LogP contribution in [0.15, 0.2) is 23.4 Å². The quantitative estimate of drug-likeness (QED) is 0.399. The van der Waals surface area contributed by atoms with Gasteiger partial charge in [-0.3, -0.25) is 4.79 Å². The molecule has 1 N–H and O–H groups in total. The summed E-state index contributed by atoms with van der Waals surface area (Å²) in [5, 5.41) is 5.66. The van der Waals surface area contributed by atoms with Crippen molar-refractivity contribution >= 4 is 46.3 Å². The van der Waals surface area contributed by atoms with Crippen LogP contribution in [0.25, 0.3) is 0 Å². The molecular formula is C21H17Cl2F4N3O2S. The van der Waals surface area contributed by atoms with Crippen LogP contribution in [0.2, 0.25) is 10.0 Å². The Bertz CT molecular complexity index is 1120. The van der Waals surface area contributed by atoms with Crippen LogP contribution in [0, 0.1) is 5.82 Å². The topological polar surface area (TPSA) is 53.9 Å². The van der Waals surface area contributed by atoms with Gasteiger partial charge in [0.05, 0.1) is 27.9 Å². The van der Waals surface area contributed by atoms with E-state index in [1.165, 1.54) is 11.3 Å². The highest BCUT2D eigenvalue weighted by molar-refractivity contribution is 7.14. The van der Waals surface area contributed by atoms with Crippen LogP contribution in [0.5, 0.6) is 0 Å². The number of fused-ring (bicyclic) bond motifs is 1. The predicted molar refractivity (Wildman–Crippen MR) is 116 cm³/mol. The maximum absolute atomic E-state index is 14.2. The fraction of sp³-hybridized carbons (Fsp3) is 0.429. The van der Waals surface area contributed by atoms with E-state index in [0.29, 0.717) is 18.0 Å². The molecule has 0 spiro atoms. The standard InChI is InChI=1S/C21H17Cl2F4N3O2S/c22-13-5-11(6-14(23)18(13)24)20(21(25,26)27)7-17(29-32-20)30-8-10-4-15(33-16(10)9-30)19(31)28-12-2-1-3-12/h4-6,12H,1-3,7-9H2,(H,28,31). The van der Waals surface area contributed by atoms with Crippen LogP contribution in [-0.4, -0.2) is 28.9 Å². The molecule has 176 valence electrons. The zero-order valence-corrected chi connectivity index (χ0v) is 19.3. The van der Waals surface area contributed by atoms with E-state index in [0.717, 1.165) is 41.8 Å². The maximum Gasteiger partial charge on any atom is 0.435 e. The minimum Gasteiger partial charge on any atom is -0.372 e. The Hall–Kier alpha value is -2.04. The van der Waals surface area contributed by atoms with Gasteiger partial charge in [-0.05, 0) is 43.0 Å². The summed E-state index contributed by atoms with van der Waals surface area (Å²) in [5.74, 6) is -1.01. The molecule has 1 aromatic carbocycles. The van der Waals surface area contributed by atoms with Crippen molar-refractivity contribution in [3.05, 3.63) is 54.9 Å². The van der Waals surface area contributed by atoms with Crippen LogP contribution in [0.3, 0.4) is 0 Å². The summed E-state index contributed by atoms with van der Waals surface area (Å²) in [6.45, 7) is 0.626. The third-order valence-electron chi connectivity index (χ3n) is 6.24. The van der Waals surface area contributed by atoms with Gasteiger partial charge < -0.3 is 15.1 Å². The zero-order valence-electron chi connectivity index (χ0n) is 16.9. The SMILES string of the molecule is O=C(NC1CCC1)c1cc2c(s1)CN(C1=NOC(c3cc(Cl)c(F)c(Cl)c3)(C(F)(F)F)C1)C2. The van der Waals surface area contributed by atoms with E-state index in [4.69, 9.17) is 28.0 Å². The van der Waals surface area contributed by atoms with Gasteiger partial charge in [-0.25, -0.2) is 4.39 Å². The summed E-state index contributed by atoms with van der Waals surface area (Å²) >= 11 is 12.8. The number of carbonyl (C=O) groups is 1. The number of hydrogen-bond donors (Lipinski definition) is 1.